The number of hydrogen-bond acceptors (Lipinski definition) is 3. The standard InChI is InChI=1S/C22H26N2O2S/c1-14-13-17(22(26)24-11-4-3-5-15(24)2)8-9-19(14)23-21(25)20-18(10-12-27-20)16-6-7-16/h8-10,12-13,15-16H,3-7,11H2,1-2H3,(H,23,25). The van der Waals surface area contributed by atoms with Crippen LogP contribution in [0.15, 0.2) is 29.6 Å². The number of nitrogens with one attached hydrogen (secondary N) is 1. The van der Waals surface area contributed by atoms with Crippen molar-refractivity contribution in [3.63, 3.8) is 0 Å². The summed E-state index contributed by atoms with van der Waals surface area (Å²) in [6.45, 7) is 4.90. The van der Waals surface area contributed by atoms with Gasteiger partial charge in [-0.2, -0.15) is 0 Å². The Labute approximate surface area is 164 Å². The normalized spacial score (nSPS) is 19.8. The fourth-order valence-corrected chi connectivity index (χ4v) is 4.78. The molecule has 1 aliphatic heterocycles. The number of nitrogens with zero attached hydrogens (tertiary/aromatic N) is 1. The molecule has 2 aliphatic rings. The van der Waals surface area contributed by atoms with Crippen LogP contribution in [0.2, 0.25) is 0 Å². The minimum atomic E-state index is -0.0428. The number of aryl methyl sites for hydroxylation is 1. The van der Waals surface area contributed by atoms with Crippen LogP contribution in [0.3, 0.4) is 0 Å². The van der Waals surface area contributed by atoms with E-state index in [0.717, 1.165) is 35.5 Å². The van der Waals surface area contributed by atoms with Crippen LogP contribution >= 0.6 is 11.3 Å². The molecule has 1 unspecified atom stereocenters. The van der Waals surface area contributed by atoms with E-state index in [4.69, 9.17) is 0 Å². The number of piperidine rings is 1. The topological polar surface area (TPSA) is 49.4 Å². The lowest BCUT2D eigenvalue weighted by Gasteiger charge is -2.33. The summed E-state index contributed by atoms with van der Waals surface area (Å²) in [6, 6.07) is 7.97. The van der Waals surface area contributed by atoms with E-state index in [1.54, 1.807) is 0 Å². The maximum Gasteiger partial charge on any atom is 0.266 e. The van der Waals surface area contributed by atoms with Gasteiger partial charge in [0.15, 0.2) is 0 Å². The van der Waals surface area contributed by atoms with Gasteiger partial charge in [0, 0.05) is 23.8 Å². The molecule has 27 heavy (non-hydrogen) atoms. The predicted octanol–water partition coefficient (Wildman–Crippen LogP) is 5.20. The van der Waals surface area contributed by atoms with Crippen molar-refractivity contribution in [2.75, 3.05) is 11.9 Å². The zero-order valence-electron chi connectivity index (χ0n) is 16.0. The molecule has 2 fully saturated rings. The second-order valence-electron chi connectivity index (χ2n) is 7.81. The van der Waals surface area contributed by atoms with Gasteiger partial charge in [0.05, 0.1) is 4.88 Å². The summed E-state index contributed by atoms with van der Waals surface area (Å²) in [4.78, 5) is 28.4. The van der Waals surface area contributed by atoms with Crippen LogP contribution < -0.4 is 5.32 Å². The first kappa shape index (κ1) is 18.2. The first-order chi connectivity index (χ1) is 13.0. The molecule has 1 aromatic heterocycles. The van der Waals surface area contributed by atoms with E-state index in [-0.39, 0.29) is 11.8 Å². The maximum absolute atomic E-state index is 12.8. The zero-order chi connectivity index (χ0) is 19.0. The monoisotopic (exact) mass is 382 g/mol. The molecule has 0 radical (unpaired) electrons. The van der Waals surface area contributed by atoms with Gasteiger partial charge in [-0.25, -0.2) is 0 Å². The summed E-state index contributed by atoms with van der Waals surface area (Å²) in [7, 11) is 0. The van der Waals surface area contributed by atoms with E-state index >= 15 is 0 Å². The molecule has 2 aromatic rings. The average molecular weight is 383 g/mol. The molecular formula is C22H26N2O2S. The summed E-state index contributed by atoms with van der Waals surface area (Å²) in [5.41, 5.74) is 3.58. The Hall–Kier alpha value is -2.14. The number of benzene rings is 1. The highest BCUT2D eigenvalue weighted by Crippen LogP contribution is 2.43. The van der Waals surface area contributed by atoms with Gasteiger partial charge in [0.2, 0.25) is 0 Å². The molecule has 1 atom stereocenters. The van der Waals surface area contributed by atoms with Crippen molar-refractivity contribution < 1.29 is 9.59 Å². The smallest absolute Gasteiger partial charge is 0.266 e. The molecule has 0 bridgehead atoms. The van der Waals surface area contributed by atoms with Crippen molar-refractivity contribution in [2.45, 2.75) is 57.9 Å². The molecule has 1 aromatic carbocycles. The van der Waals surface area contributed by atoms with Gasteiger partial charge >= 0.3 is 0 Å². The number of likely N-dealkylation sites (tertiary alicyclic amines) is 1. The van der Waals surface area contributed by atoms with E-state index in [1.165, 1.54) is 36.2 Å². The Balaban J connectivity index is 1.49. The maximum atomic E-state index is 12.8. The molecule has 1 N–H and O–H groups in total. The van der Waals surface area contributed by atoms with E-state index in [0.29, 0.717) is 17.5 Å². The Morgan fingerprint density at radius 2 is 1.96 bits per heavy atom. The molecule has 142 valence electrons. The predicted molar refractivity (Wildman–Crippen MR) is 110 cm³/mol. The Bertz CT molecular complexity index is 869. The Morgan fingerprint density at radius 1 is 1.15 bits per heavy atom. The van der Waals surface area contributed by atoms with Crippen LogP contribution in [-0.4, -0.2) is 29.3 Å². The van der Waals surface area contributed by atoms with Gasteiger partial charge in [0.25, 0.3) is 11.8 Å². The summed E-state index contributed by atoms with van der Waals surface area (Å²) in [5.74, 6) is 0.612. The van der Waals surface area contributed by atoms with E-state index in [9.17, 15) is 9.59 Å². The second-order valence-corrected chi connectivity index (χ2v) is 8.72. The van der Waals surface area contributed by atoms with Gasteiger partial charge in [0.1, 0.15) is 0 Å². The molecule has 2 amide bonds. The van der Waals surface area contributed by atoms with Crippen LogP contribution in [0.4, 0.5) is 5.69 Å². The highest BCUT2D eigenvalue weighted by molar-refractivity contribution is 7.12. The number of carbonyl (C=O) groups is 2. The first-order valence-corrected chi connectivity index (χ1v) is 10.7. The second kappa shape index (κ2) is 7.47. The van der Waals surface area contributed by atoms with Crippen molar-refractivity contribution in [3.8, 4) is 0 Å². The molecule has 5 heteroatoms. The van der Waals surface area contributed by atoms with Crippen LogP contribution in [0.25, 0.3) is 0 Å². The number of amides is 2. The van der Waals surface area contributed by atoms with Gasteiger partial charge in [-0.1, -0.05) is 0 Å². The van der Waals surface area contributed by atoms with Crippen molar-refractivity contribution in [3.05, 3.63) is 51.2 Å². The SMILES string of the molecule is Cc1cc(C(=O)N2CCCCC2C)ccc1NC(=O)c1sccc1C1CC1. The first-order valence-electron chi connectivity index (χ1n) is 9.85. The number of hydrogen-bond donors (Lipinski definition) is 1. The molecule has 2 heterocycles. The van der Waals surface area contributed by atoms with Gasteiger partial charge < -0.3 is 10.2 Å². The molecule has 4 nitrogen and oxygen atoms in total. The van der Waals surface area contributed by atoms with Gasteiger partial charge in [-0.3, -0.25) is 9.59 Å². The highest BCUT2D eigenvalue weighted by atomic mass is 32.1. The lowest BCUT2D eigenvalue weighted by Crippen LogP contribution is -2.42. The summed E-state index contributed by atoms with van der Waals surface area (Å²) in [5, 5.41) is 5.03. The summed E-state index contributed by atoms with van der Waals surface area (Å²) < 4.78 is 0. The molecule has 1 aliphatic carbocycles. The van der Waals surface area contributed by atoms with Crippen molar-refractivity contribution >= 4 is 28.8 Å². The van der Waals surface area contributed by atoms with E-state index in [1.807, 2.05) is 35.4 Å². The number of thiophene rings is 1. The van der Waals surface area contributed by atoms with Crippen molar-refractivity contribution in [1.29, 1.82) is 0 Å². The number of anilines is 1. The largest absolute Gasteiger partial charge is 0.336 e. The van der Waals surface area contributed by atoms with Crippen molar-refractivity contribution in [1.82, 2.24) is 4.90 Å². The minimum Gasteiger partial charge on any atom is -0.336 e. The van der Waals surface area contributed by atoms with Crippen LogP contribution in [0.5, 0.6) is 0 Å². The fraction of sp³-hybridized carbons (Fsp3) is 0.455. The van der Waals surface area contributed by atoms with Crippen LogP contribution in [0, 0.1) is 6.92 Å². The molecule has 1 saturated heterocycles. The third kappa shape index (κ3) is 3.79. The summed E-state index contributed by atoms with van der Waals surface area (Å²) in [6.07, 6.45) is 5.71. The summed E-state index contributed by atoms with van der Waals surface area (Å²) >= 11 is 1.51. The van der Waals surface area contributed by atoms with E-state index < -0.39 is 0 Å². The van der Waals surface area contributed by atoms with Crippen LogP contribution in [0.1, 0.15) is 76.1 Å². The van der Waals surface area contributed by atoms with E-state index in [2.05, 4.69) is 18.3 Å². The average Bonchev–Trinajstić information content (AvgIpc) is 3.39. The third-order valence-electron chi connectivity index (χ3n) is 5.70. The minimum absolute atomic E-state index is 0.0428. The number of rotatable bonds is 4. The lowest BCUT2D eigenvalue weighted by molar-refractivity contribution is 0.0635. The van der Waals surface area contributed by atoms with Gasteiger partial charge in [-0.05, 0) is 92.6 Å². The Morgan fingerprint density at radius 3 is 2.67 bits per heavy atom. The van der Waals surface area contributed by atoms with Crippen molar-refractivity contribution in [2.24, 2.45) is 0 Å². The number of carbonyl (C=O) groups excluding carboxylic acids is 2. The van der Waals surface area contributed by atoms with Gasteiger partial charge in [-0.15, -0.1) is 11.3 Å². The quantitative estimate of drug-likeness (QED) is 0.790. The highest BCUT2D eigenvalue weighted by Gasteiger charge is 2.29. The van der Waals surface area contributed by atoms with Crippen LogP contribution in [-0.2, 0) is 0 Å². The lowest BCUT2D eigenvalue weighted by atomic mass is 10.0. The fourth-order valence-electron chi connectivity index (χ4n) is 3.90. The third-order valence-corrected chi connectivity index (χ3v) is 6.63. The molecular weight excluding hydrogens is 356 g/mol. The zero-order valence-corrected chi connectivity index (χ0v) is 16.8. The molecule has 4 rings (SSSR count). The molecule has 1 saturated carbocycles. The Kier molecular flexibility index (Phi) is 5.04. The molecule has 0 spiro atoms.